The van der Waals surface area contributed by atoms with E-state index in [2.05, 4.69) is 35.0 Å². The summed E-state index contributed by atoms with van der Waals surface area (Å²) >= 11 is 0. The van der Waals surface area contributed by atoms with E-state index in [0.717, 1.165) is 26.1 Å². The van der Waals surface area contributed by atoms with Crippen LogP contribution in [0.4, 0.5) is 0 Å². The second-order valence-corrected chi connectivity index (χ2v) is 6.05. The average molecular weight is 323 g/mol. The highest BCUT2D eigenvalue weighted by Crippen LogP contribution is 2.21. The first kappa shape index (κ1) is 16.2. The first-order valence-corrected chi connectivity index (χ1v) is 8.01. The highest BCUT2D eigenvalue weighted by Gasteiger charge is 2.10. The maximum Gasteiger partial charge on any atom is 0.250 e. The molecule has 124 valence electrons. The minimum atomic E-state index is -0.499. The van der Waals surface area contributed by atoms with Crippen molar-refractivity contribution >= 4 is 5.91 Å². The van der Waals surface area contributed by atoms with E-state index in [-0.39, 0.29) is 0 Å². The van der Waals surface area contributed by atoms with Gasteiger partial charge in [-0.1, -0.05) is 23.8 Å². The predicted octanol–water partition coefficient (Wildman–Crippen LogP) is 3.12. The van der Waals surface area contributed by atoms with Crippen molar-refractivity contribution in [3.63, 3.8) is 0 Å². The van der Waals surface area contributed by atoms with Gasteiger partial charge in [-0.15, -0.1) is 0 Å². The van der Waals surface area contributed by atoms with E-state index in [9.17, 15) is 4.79 Å². The summed E-state index contributed by atoms with van der Waals surface area (Å²) in [5, 5.41) is 0. The number of nitrogens with two attached hydrogens (primary N) is 1. The van der Waals surface area contributed by atoms with Gasteiger partial charge in [0.25, 0.3) is 0 Å². The molecular weight excluding hydrogens is 302 g/mol. The SMILES string of the molecule is CC1=CCCN(Cc2ccc(Oc3ccc(C(N)=O)cn3)cc2)C1. The normalized spacial score (nSPS) is 15.0. The van der Waals surface area contributed by atoms with Crippen LogP contribution >= 0.6 is 0 Å². The lowest BCUT2D eigenvalue weighted by Gasteiger charge is -2.25. The highest BCUT2D eigenvalue weighted by atomic mass is 16.5. The van der Waals surface area contributed by atoms with E-state index in [1.54, 1.807) is 12.1 Å². The molecule has 0 saturated heterocycles. The largest absolute Gasteiger partial charge is 0.439 e. The minimum Gasteiger partial charge on any atom is -0.439 e. The number of rotatable bonds is 5. The fraction of sp³-hybridized carbons (Fsp3) is 0.263. The Hall–Kier alpha value is -2.66. The fourth-order valence-electron chi connectivity index (χ4n) is 2.75. The molecule has 1 aliphatic rings. The minimum absolute atomic E-state index is 0.364. The fourth-order valence-corrected chi connectivity index (χ4v) is 2.75. The summed E-state index contributed by atoms with van der Waals surface area (Å²) in [6.45, 7) is 5.26. The van der Waals surface area contributed by atoms with Gasteiger partial charge in [0.2, 0.25) is 11.8 Å². The lowest BCUT2D eigenvalue weighted by molar-refractivity contribution is 0.1000. The average Bonchev–Trinajstić information content (AvgIpc) is 2.57. The van der Waals surface area contributed by atoms with Crippen molar-refractivity contribution in [1.29, 1.82) is 0 Å². The van der Waals surface area contributed by atoms with Gasteiger partial charge in [0.1, 0.15) is 5.75 Å². The molecule has 0 atom stereocenters. The van der Waals surface area contributed by atoms with Gasteiger partial charge < -0.3 is 10.5 Å². The summed E-state index contributed by atoms with van der Waals surface area (Å²) in [4.78, 5) is 17.5. The molecule has 0 aliphatic carbocycles. The van der Waals surface area contributed by atoms with Crippen LogP contribution in [-0.2, 0) is 6.54 Å². The van der Waals surface area contributed by atoms with Crippen LogP contribution in [0, 0.1) is 0 Å². The number of pyridine rings is 1. The number of amides is 1. The zero-order valence-electron chi connectivity index (χ0n) is 13.7. The zero-order chi connectivity index (χ0) is 16.9. The third-order valence-corrected chi connectivity index (χ3v) is 3.98. The summed E-state index contributed by atoms with van der Waals surface area (Å²) in [6.07, 6.45) is 4.85. The smallest absolute Gasteiger partial charge is 0.250 e. The Balaban J connectivity index is 1.60. The van der Waals surface area contributed by atoms with Crippen LogP contribution in [0.3, 0.4) is 0 Å². The van der Waals surface area contributed by atoms with Crippen molar-refractivity contribution in [2.75, 3.05) is 13.1 Å². The summed E-state index contributed by atoms with van der Waals surface area (Å²) in [6, 6.07) is 11.3. The number of benzene rings is 1. The predicted molar refractivity (Wildman–Crippen MR) is 92.9 cm³/mol. The van der Waals surface area contributed by atoms with Gasteiger partial charge in [0.05, 0.1) is 5.56 Å². The van der Waals surface area contributed by atoms with Gasteiger partial charge in [-0.25, -0.2) is 4.98 Å². The number of hydrogen-bond acceptors (Lipinski definition) is 4. The number of ether oxygens (including phenoxy) is 1. The Kier molecular flexibility index (Phi) is 4.91. The van der Waals surface area contributed by atoms with E-state index in [0.29, 0.717) is 17.2 Å². The molecule has 0 saturated carbocycles. The second kappa shape index (κ2) is 7.27. The molecule has 2 N–H and O–H groups in total. The van der Waals surface area contributed by atoms with Crippen LogP contribution in [0.25, 0.3) is 0 Å². The highest BCUT2D eigenvalue weighted by molar-refractivity contribution is 5.92. The van der Waals surface area contributed by atoms with Crippen LogP contribution in [0.15, 0.2) is 54.2 Å². The third-order valence-electron chi connectivity index (χ3n) is 3.98. The second-order valence-electron chi connectivity index (χ2n) is 6.05. The van der Waals surface area contributed by atoms with Crippen molar-refractivity contribution in [2.24, 2.45) is 5.73 Å². The zero-order valence-corrected chi connectivity index (χ0v) is 13.7. The molecular formula is C19H21N3O2. The Labute approximate surface area is 141 Å². The summed E-state index contributed by atoms with van der Waals surface area (Å²) in [7, 11) is 0. The molecule has 1 aromatic carbocycles. The topological polar surface area (TPSA) is 68.5 Å². The molecule has 5 heteroatoms. The Morgan fingerprint density at radius 3 is 2.67 bits per heavy atom. The van der Waals surface area contributed by atoms with E-state index < -0.39 is 5.91 Å². The number of carbonyl (C=O) groups excluding carboxylic acids is 1. The number of hydrogen-bond donors (Lipinski definition) is 1. The molecule has 1 aliphatic heterocycles. The summed E-state index contributed by atoms with van der Waals surface area (Å²) in [5.41, 5.74) is 8.25. The number of aromatic nitrogens is 1. The van der Waals surface area contributed by atoms with Crippen LogP contribution in [0.5, 0.6) is 11.6 Å². The first-order valence-electron chi connectivity index (χ1n) is 8.01. The molecule has 0 fully saturated rings. The van der Waals surface area contributed by atoms with Crippen molar-refractivity contribution in [3.8, 4) is 11.6 Å². The van der Waals surface area contributed by atoms with Gasteiger partial charge in [0.15, 0.2) is 0 Å². The van der Waals surface area contributed by atoms with E-state index in [1.807, 2.05) is 12.1 Å². The van der Waals surface area contributed by atoms with Crippen molar-refractivity contribution < 1.29 is 9.53 Å². The van der Waals surface area contributed by atoms with E-state index >= 15 is 0 Å². The molecule has 0 spiro atoms. The maximum absolute atomic E-state index is 11.0. The summed E-state index contributed by atoms with van der Waals surface area (Å²) < 4.78 is 5.69. The number of nitrogens with zero attached hydrogens (tertiary/aromatic N) is 2. The van der Waals surface area contributed by atoms with Crippen LogP contribution in [0.2, 0.25) is 0 Å². The van der Waals surface area contributed by atoms with Crippen LogP contribution < -0.4 is 10.5 Å². The van der Waals surface area contributed by atoms with Gasteiger partial charge >= 0.3 is 0 Å². The van der Waals surface area contributed by atoms with Crippen molar-refractivity contribution in [1.82, 2.24) is 9.88 Å². The number of primary amides is 1. The third kappa shape index (κ3) is 4.20. The van der Waals surface area contributed by atoms with Gasteiger partial charge in [-0.2, -0.15) is 0 Å². The molecule has 0 bridgehead atoms. The van der Waals surface area contributed by atoms with Gasteiger partial charge in [-0.3, -0.25) is 9.69 Å². The molecule has 3 rings (SSSR count). The first-order chi connectivity index (χ1) is 11.6. The van der Waals surface area contributed by atoms with Gasteiger partial charge in [0, 0.05) is 31.9 Å². The Morgan fingerprint density at radius 1 is 1.25 bits per heavy atom. The van der Waals surface area contributed by atoms with Crippen LogP contribution in [-0.4, -0.2) is 28.9 Å². The number of carbonyl (C=O) groups is 1. The molecule has 0 unspecified atom stereocenters. The Morgan fingerprint density at radius 2 is 2.04 bits per heavy atom. The molecule has 1 amide bonds. The molecule has 5 nitrogen and oxygen atoms in total. The quantitative estimate of drug-likeness (QED) is 0.858. The molecule has 0 radical (unpaired) electrons. The van der Waals surface area contributed by atoms with Crippen LogP contribution in [0.1, 0.15) is 29.3 Å². The van der Waals surface area contributed by atoms with Crippen molar-refractivity contribution in [3.05, 3.63) is 65.4 Å². The standard InChI is InChI=1S/C19H21N3O2/c1-14-3-2-10-22(12-14)13-15-4-7-17(8-5-15)24-18-9-6-16(11-21-18)19(20)23/h3-9,11H,2,10,12-13H2,1H3,(H2,20,23). The summed E-state index contributed by atoms with van der Waals surface area (Å²) in [5.74, 6) is 0.651. The lowest BCUT2D eigenvalue weighted by Crippen LogP contribution is -2.28. The molecule has 1 aromatic heterocycles. The Bertz CT molecular complexity index is 736. The van der Waals surface area contributed by atoms with Gasteiger partial charge in [-0.05, 0) is 37.1 Å². The maximum atomic E-state index is 11.0. The van der Waals surface area contributed by atoms with E-state index in [4.69, 9.17) is 10.5 Å². The molecule has 2 aromatic rings. The molecule has 24 heavy (non-hydrogen) atoms. The molecule has 2 heterocycles. The van der Waals surface area contributed by atoms with E-state index in [1.165, 1.54) is 17.3 Å². The lowest BCUT2D eigenvalue weighted by atomic mass is 10.1. The van der Waals surface area contributed by atoms with Crippen molar-refractivity contribution in [2.45, 2.75) is 19.9 Å². The monoisotopic (exact) mass is 323 g/mol.